The Hall–Kier alpha value is -1.16. The van der Waals surface area contributed by atoms with Crippen molar-refractivity contribution in [3.63, 3.8) is 0 Å². The zero-order valence-corrected chi connectivity index (χ0v) is 8.04. The van der Waals surface area contributed by atoms with Crippen molar-refractivity contribution in [3.05, 3.63) is 35.9 Å². The fraction of sp³-hybridized carbons (Fsp3) is 0.222. The van der Waals surface area contributed by atoms with E-state index >= 15 is 0 Å². The predicted octanol–water partition coefficient (Wildman–Crippen LogP) is 1.70. The summed E-state index contributed by atoms with van der Waals surface area (Å²) in [5.74, 6) is 0.216. The molecule has 0 aliphatic rings. The highest BCUT2D eigenvalue weighted by molar-refractivity contribution is 7.99. The van der Waals surface area contributed by atoms with Gasteiger partial charge in [0.15, 0.2) is 0 Å². The van der Waals surface area contributed by atoms with Gasteiger partial charge in [0, 0.05) is 0 Å². The average Bonchev–Trinajstić information content (AvgIpc) is 2.18. The van der Waals surface area contributed by atoms with Crippen molar-refractivity contribution in [2.75, 3.05) is 7.11 Å². The van der Waals surface area contributed by atoms with Gasteiger partial charge in [-0.05, 0) is 5.56 Å². The Kier molecular flexibility index (Phi) is 3.64. The van der Waals surface area contributed by atoms with E-state index in [4.69, 9.17) is 0 Å². The Labute approximate surface area is 79.2 Å². The molecular formula is C9H10O3S. The van der Waals surface area contributed by atoms with Crippen LogP contribution in [0.25, 0.3) is 0 Å². The van der Waals surface area contributed by atoms with E-state index in [0.29, 0.717) is 0 Å². The van der Waals surface area contributed by atoms with E-state index < -0.39 is 16.1 Å². The van der Waals surface area contributed by atoms with Crippen LogP contribution in [0.2, 0.25) is 0 Å². The minimum absolute atomic E-state index is 0.216. The highest BCUT2D eigenvalue weighted by Gasteiger charge is 2.11. The number of hydrogen-bond donors (Lipinski definition) is 0. The van der Waals surface area contributed by atoms with Crippen LogP contribution >= 0.6 is 0 Å². The number of carbonyl (C=O) groups excluding carboxylic acids is 1. The molecule has 70 valence electrons. The van der Waals surface area contributed by atoms with Crippen molar-refractivity contribution in [1.82, 2.24) is 0 Å². The second kappa shape index (κ2) is 4.77. The third-order valence-corrected chi connectivity index (χ3v) is 2.63. The van der Waals surface area contributed by atoms with Crippen LogP contribution in [0.5, 0.6) is 0 Å². The van der Waals surface area contributed by atoms with Gasteiger partial charge in [0.05, 0.1) is 12.9 Å². The first kappa shape index (κ1) is 9.92. The molecule has 1 rings (SSSR count). The summed E-state index contributed by atoms with van der Waals surface area (Å²) in [5, 5.41) is -0.677. The van der Waals surface area contributed by atoms with E-state index in [1.54, 1.807) is 0 Å². The average molecular weight is 198 g/mol. The van der Waals surface area contributed by atoms with Gasteiger partial charge < -0.3 is 4.74 Å². The molecule has 0 N–H and O–H groups in total. The van der Waals surface area contributed by atoms with Crippen molar-refractivity contribution < 1.29 is 13.7 Å². The van der Waals surface area contributed by atoms with Crippen molar-refractivity contribution in [1.29, 1.82) is 0 Å². The lowest BCUT2D eigenvalue weighted by Gasteiger charge is -1.99. The Balaban J connectivity index is 2.60. The summed E-state index contributed by atoms with van der Waals surface area (Å²) in [6, 6.07) is 9.18. The molecule has 4 heteroatoms. The van der Waals surface area contributed by atoms with Crippen molar-refractivity contribution in [2.24, 2.45) is 0 Å². The summed E-state index contributed by atoms with van der Waals surface area (Å²) in [6.07, 6.45) is 0. The van der Waals surface area contributed by atoms with E-state index in [-0.39, 0.29) is 5.75 Å². The Morgan fingerprint density at radius 1 is 1.38 bits per heavy atom. The maximum Gasteiger partial charge on any atom is 0.397 e. The van der Waals surface area contributed by atoms with Gasteiger partial charge in [-0.3, -0.25) is 0 Å². The van der Waals surface area contributed by atoms with Crippen LogP contribution < -0.4 is 0 Å². The molecule has 3 nitrogen and oxygen atoms in total. The van der Waals surface area contributed by atoms with Gasteiger partial charge in [-0.2, -0.15) is 0 Å². The molecule has 1 unspecified atom stereocenters. The lowest BCUT2D eigenvalue weighted by atomic mass is 10.2. The Morgan fingerprint density at radius 3 is 2.54 bits per heavy atom. The first-order valence-corrected chi connectivity index (χ1v) is 5.06. The molecular weight excluding hydrogens is 188 g/mol. The van der Waals surface area contributed by atoms with Crippen molar-refractivity contribution >= 4 is 16.1 Å². The van der Waals surface area contributed by atoms with E-state index in [1.165, 1.54) is 7.11 Å². The molecule has 1 aromatic carbocycles. The third-order valence-electron chi connectivity index (χ3n) is 1.49. The van der Waals surface area contributed by atoms with E-state index in [2.05, 4.69) is 4.74 Å². The zero-order chi connectivity index (χ0) is 9.68. The van der Waals surface area contributed by atoms with E-state index in [9.17, 15) is 9.00 Å². The molecule has 13 heavy (non-hydrogen) atoms. The molecule has 0 aromatic heterocycles. The molecule has 0 bridgehead atoms. The van der Waals surface area contributed by atoms with Crippen LogP contribution in [-0.4, -0.2) is 16.6 Å². The van der Waals surface area contributed by atoms with Crippen LogP contribution in [0.1, 0.15) is 5.56 Å². The number of rotatable bonds is 2. The largest absolute Gasteiger partial charge is 0.459 e. The normalized spacial score (nSPS) is 12.1. The molecule has 0 spiro atoms. The van der Waals surface area contributed by atoms with E-state index in [1.807, 2.05) is 30.3 Å². The topological polar surface area (TPSA) is 43.4 Å². The van der Waals surface area contributed by atoms with Crippen LogP contribution in [0.4, 0.5) is 4.79 Å². The van der Waals surface area contributed by atoms with Gasteiger partial charge in [-0.15, -0.1) is 0 Å². The second-order valence-corrected chi connectivity index (χ2v) is 3.74. The van der Waals surface area contributed by atoms with Gasteiger partial charge in [-0.1, -0.05) is 30.3 Å². The van der Waals surface area contributed by atoms with Crippen LogP contribution in [0, 0.1) is 0 Å². The van der Waals surface area contributed by atoms with Crippen LogP contribution in [0.15, 0.2) is 30.3 Å². The number of benzene rings is 1. The molecule has 0 aliphatic heterocycles. The fourth-order valence-electron chi connectivity index (χ4n) is 0.877. The maximum atomic E-state index is 11.2. The minimum atomic E-state index is -1.58. The van der Waals surface area contributed by atoms with E-state index in [0.717, 1.165) is 5.56 Å². The number of ether oxygens (including phenoxy) is 1. The highest BCUT2D eigenvalue weighted by Crippen LogP contribution is 2.03. The first-order valence-electron chi connectivity index (χ1n) is 3.74. The smallest absolute Gasteiger partial charge is 0.397 e. The standard InChI is InChI=1S/C9H10O3S/c1-12-9(10)13(11)7-8-5-3-2-4-6-8/h2-6H,7H2,1H3. The molecule has 0 saturated heterocycles. The minimum Gasteiger partial charge on any atom is -0.459 e. The molecule has 1 atom stereocenters. The summed E-state index contributed by atoms with van der Waals surface area (Å²) >= 11 is 0. The Bertz CT molecular complexity index is 308. The summed E-state index contributed by atoms with van der Waals surface area (Å²) < 4.78 is 15.5. The Morgan fingerprint density at radius 2 is 2.00 bits per heavy atom. The van der Waals surface area contributed by atoms with Gasteiger partial charge in [0.2, 0.25) is 0 Å². The molecule has 0 aliphatic carbocycles. The summed E-state index contributed by atoms with van der Waals surface area (Å²) in [7, 11) is -0.349. The van der Waals surface area contributed by atoms with Crippen LogP contribution in [0.3, 0.4) is 0 Å². The maximum absolute atomic E-state index is 11.2. The summed E-state index contributed by atoms with van der Waals surface area (Å²) in [6.45, 7) is 0. The number of hydrogen-bond acceptors (Lipinski definition) is 3. The molecule has 0 heterocycles. The molecule has 0 saturated carbocycles. The van der Waals surface area contributed by atoms with Crippen molar-refractivity contribution in [2.45, 2.75) is 5.75 Å². The highest BCUT2D eigenvalue weighted by atomic mass is 32.2. The monoisotopic (exact) mass is 198 g/mol. The number of methoxy groups -OCH3 is 1. The fourth-order valence-corrected chi connectivity index (χ4v) is 1.68. The second-order valence-electron chi connectivity index (χ2n) is 2.43. The third kappa shape index (κ3) is 2.99. The summed E-state index contributed by atoms with van der Waals surface area (Å²) in [4.78, 5) is 10.8. The number of carbonyl (C=O) groups is 1. The summed E-state index contributed by atoms with van der Waals surface area (Å²) in [5.41, 5.74) is 0.867. The van der Waals surface area contributed by atoms with Gasteiger partial charge >= 0.3 is 5.30 Å². The van der Waals surface area contributed by atoms with Gasteiger partial charge in [-0.25, -0.2) is 9.00 Å². The van der Waals surface area contributed by atoms with Gasteiger partial charge in [0.1, 0.15) is 10.8 Å². The van der Waals surface area contributed by atoms with Crippen molar-refractivity contribution in [3.8, 4) is 0 Å². The lowest BCUT2D eigenvalue weighted by molar-refractivity contribution is 0.199. The first-order chi connectivity index (χ1) is 6.24. The molecule has 1 aromatic rings. The lowest BCUT2D eigenvalue weighted by Crippen LogP contribution is -2.08. The molecule has 0 amide bonds. The molecule has 0 radical (unpaired) electrons. The SMILES string of the molecule is COC(=O)S(=O)Cc1ccccc1. The predicted molar refractivity (Wildman–Crippen MR) is 50.7 cm³/mol. The quantitative estimate of drug-likeness (QED) is 0.679. The zero-order valence-electron chi connectivity index (χ0n) is 7.23. The van der Waals surface area contributed by atoms with Gasteiger partial charge in [0.25, 0.3) is 0 Å². The van der Waals surface area contributed by atoms with Crippen LogP contribution in [-0.2, 0) is 21.3 Å². The molecule has 0 fully saturated rings.